The van der Waals surface area contributed by atoms with Crippen molar-refractivity contribution in [3.05, 3.63) is 117 Å². The lowest BCUT2D eigenvalue weighted by atomic mass is 9.61. The normalized spacial score (nSPS) is 28.9. The Morgan fingerprint density at radius 3 is 2.09 bits per heavy atom. The van der Waals surface area contributed by atoms with Gasteiger partial charge in [0.1, 0.15) is 5.82 Å². The highest BCUT2D eigenvalue weighted by Crippen LogP contribution is 2.59. The molecule has 2 unspecified atom stereocenters. The van der Waals surface area contributed by atoms with E-state index in [0.717, 1.165) is 76.5 Å². The summed E-state index contributed by atoms with van der Waals surface area (Å²) < 4.78 is 18.2. The van der Waals surface area contributed by atoms with Crippen molar-refractivity contribution < 1.29 is 14.0 Å². The minimum absolute atomic E-state index is 0.0615. The Labute approximate surface area is 309 Å². The summed E-state index contributed by atoms with van der Waals surface area (Å²) in [5, 5.41) is 20.8. The maximum atomic E-state index is 16.0. The molecule has 0 amide bonds. The lowest BCUT2D eigenvalue weighted by Crippen LogP contribution is -2.44. The van der Waals surface area contributed by atoms with Crippen LogP contribution in [0.1, 0.15) is 131 Å². The minimum Gasteiger partial charge on any atom is -0.342 e. The highest BCUT2D eigenvalue weighted by Gasteiger charge is 2.55. The molecule has 272 valence electrons. The molecule has 0 spiro atoms. The van der Waals surface area contributed by atoms with Gasteiger partial charge in [-0.15, -0.1) is 0 Å². The van der Waals surface area contributed by atoms with E-state index < -0.39 is 16.2 Å². The largest absolute Gasteiger partial charge is 0.342 e. The third-order valence-corrected chi connectivity index (χ3v) is 13.2. The van der Waals surface area contributed by atoms with Crippen LogP contribution in [0.25, 0.3) is 0 Å². The van der Waals surface area contributed by atoms with Gasteiger partial charge in [0.05, 0.1) is 10.8 Å². The number of rotatable bonds is 6. The Kier molecular flexibility index (Phi) is 6.75. The highest BCUT2D eigenvalue weighted by atomic mass is 19.1. The maximum Gasteiger partial charge on any atom is 0.162 e. The standard InChI is InChI=1S/C44H47FN6O2/c1-41(2)19-29-34(31(52)21-41)44(5,27-13-9-10-14-28(27)45)36-38(25-17-18-25)51(50-40(36)47-29)23-42(3)20-30-33(32(53)22-42)43(4,26-11-7-6-8-12-26)35-37(24-15-16-24)48-49-39(35)46-30/h6-14,24-25H,15-23H2,1-5H3,(H,47,50)(H2,46,48,49)/t42?,43-,44?/m0/s1. The third-order valence-electron chi connectivity index (χ3n) is 13.2. The zero-order valence-corrected chi connectivity index (χ0v) is 31.3. The van der Waals surface area contributed by atoms with Crippen LogP contribution in [0.2, 0.25) is 0 Å². The molecule has 9 heteroatoms. The van der Waals surface area contributed by atoms with Gasteiger partial charge in [-0.1, -0.05) is 69.3 Å². The molecule has 2 aromatic heterocycles. The van der Waals surface area contributed by atoms with Gasteiger partial charge in [-0.25, -0.2) is 4.39 Å². The van der Waals surface area contributed by atoms with Crippen molar-refractivity contribution in [3.8, 4) is 0 Å². The molecule has 4 aromatic rings. The van der Waals surface area contributed by atoms with Crippen LogP contribution < -0.4 is 10.6 Å². The molecule has 4 heterocycles. The van der Waals surface area contributed by atoms with Crippen molar-refractivity contribution in [1.29, 1.82) is 0 Å². The molecule has 2 saturated carbocycles. The molecule has 10 rings (SSSR count). The van der Waals surface area contributed by atoms with E-state index in [0.29, 0.717) is 55.1 Å². The number of hydrogen-bond acceptors (Lipinski definition) is 6. The zero-order chi connectivity index (χ0) is 36.7. The summed E-state index contributed by atoms with van der Waals surface area (Å²) in [5.41, 5.74) is 6.75. The molecule has 2 fully saturated rings. The first-order chi connectivity index (χ1) is 25.3. The van der Waals surface area contributed by atoms with Crippen LogP contribution in [0.15, 0.2) is 77.1 Å². The van der Waals surface area contributed by atoms with Crippen LogP contribution in [0, 0.1) is 16.6 Å². The number of Topliss-reactive ketones (excluding diaryl/α,β-unsaturated/α-hetero) is 2. The molecule has 4 aliphatic carbocycles. The summed E-state index contributed by atoms with van der Waals surface area (Å²) in [7, 11) is 0. The highest BCUT2D eigenvalue weighted by molar-refractivity contribution is 6.04. The SMILES string of the molecule is CC1(C)CC(=O)C2=C(C1)Nc1nn(CC3(C)CC(=O)C4=C(C3)Nc3n[nH]c(C5CC5)c3[C@@]4(C)c3ccccc3)c(C3CC3)c1C2(C)c1ccccc1F. The fourth-order valence-electron chi connectivity index (χ4n) is 10.7. The lowest BCUT2D eigenvalue weighted by Gasteiger charge is -2.45. The average Bonchev–Trinajstić information content (AvgIpc) is 4.03. The summed E-state index contributed by atoms with van der Waals surface area (Å²) >= 11 is 0. The van der Waals surface area contributed by atoms with Gasteiger partial charge in [-0.05, 0) is 74.8 Å². The number of aromatic amines is 1. The first kappa shape index (κ1) is 32.8. The molecule has 3 N–H and O–H groups in total. The Morgan fingerprint density at radius 2 is 1.38 bits per heavy atom. The minimum atomic E-state index is -1.01. The van der Waals surface area contributed by atoms with Crippen molar-refractivity contribution >= 4 is 23.2 Å². The molecule has 0 saturated heterocycles. The second-order valence-electron chi connectivity index (χ2n) is 18.3. The van der Waals surface area contributed by atoms with Crippen LogP contribution in [0.5, 0.6) is 0 Å². The molecule has 3 atom stereocenters. The van der Waals surface area contributed by atoms with Crippen LogP contribution in [-0.2, 0) is 27.0 Å². The second kappa shape index (κ2) is 10.9. The van der Waals surface area contributed by atoms with Gasteiger partial charge < -0.3 is 10.6 Å². The third kappa shape index (κ3) is 4.77. The van der Waals surface area contributed by atoms with Crippen LogP contribution in [0.3, 0.4) is 0 Å². The molecule has 2 aliphatic heterocycles. The van der Waals surface area contributed by atoms with E-state index in [2.05, 4.69) is 72.4 Å². The van der Waals surface area contributed by atoms with Gasteiger partial charge in [0, 0.05) is 81.8 Å². The van der Waals surface area contributed by atoms with Gasteiger partial charge in [-0.3, -0.25) is 19.4 Å². The van der Waals surface area contributed by atoms with Gasteiger partial charge in [0.15, 0.2) is 23.2 Å². The Balaban J connectivity index is 1.09. The average molecular weight is 711 g/mol. The number of aromatic nitrogens is 4. The molecular formula is C44H47FN6O2. The van der Waals surface area contributed by atoms with E-state index in [1.165, 1.54) is 6.07 Å². The lowest BCUT2D eigenvalue weighted by molar-refractivity contribution is -0.119. The number of anilines is 2. The molecule has 53 heavy (non-hydrogen) atoms. The van der Waals surface area contributed by atoms with Crippen molar-refractivity contribution in [1.82, 2.24) is 20.0 Å². The number of carbonyl (C=O) groups is 2. The van der Waals surface area contributed by atoms with Crippen molar-refractivity contribution in [2.24, 2.45) is 10.8 Å². The maximum absolute atomic E-state index is 16.0. The molecule has 2 aromatic carbocycles. The number of hydrogen-bond donors (Lipinski definition) is 3. The Morgan fingerprint density at radius 1 is 0.736 bits per heavy atom. The number of nitrogens with one attached hydrogen (secondary N) is 3. The number of H-pyrrole nitrogens is 1. The van der Waals surface area contributed by atoms with Gasteiger partial charge >= 0.3 is 0 Å². The molecular weight excluding hydrogens is 664 g/mol. The van der Waals surface area contributed by atoms with E-state index in [1.54, 1.807) is 6.07 Å². The van der Waals surface area contributed by atoms with Crippen LogP contribution in [-0.4, -0.2) is 31.5 Å². The van der Waals surface area contributed by atoms with E-state index in [-0.39, 0.29) is 28.7 Å². The Hall–Kier alpha value is -4.79. The van der Waals surface area contributed by atoms with E-state index in [4.69, 9.17) is 10.2 Å². The predicted molar refractivity (Wildman–Crippen MR) is 202 cm³/mol. The summed E-state index contributed by atoms with van der Waals surface area (Å²) in [6, 6.07) is 17.3. The van der Waals surface area contributed by atoms with E-state index in [1.807, 2.05) is 25.1 Å². The quantitative estimate of drug-likeness (QED) is 0.185. The number of benzene rings is 2. The second-order valence-corrected chi connectivity index (χ2v) is 18.3. The van der Waals surface area contributed by atoms with Gasteiger partial charge in [0.25, 0.3) is 0 Å². The molecule has 0 radical (unpaired) electrons. The van der Waals surface area contributed by atoms with Crippen molar-refractivity contribution in [2.45, 2.75) is 115 Å². The van der Waals surface area contributed by atoms with Gasteiger partial charge in [0.2, 0.25) is 0 Å². The predicted octanol–water partition coefficient (Wildman–Crippen LogP) is 8.93. The Bertz CT molecular complexity index is 2320. The molecule has 8 nitrogen and oxygen atoms in total. The first-order valence-corrected chi connectivity index (χ1v) is 19.4. The monoisotopic (exact) mass is 710 g/mol. The summed E-state index contributed by atoms with van der Waals surface area (Å²) in [6.07, 6.45) is 6.37. The fraction of sp³-hybridized carbons (Fsp3) is 0.455. The molecule has 0 bridgehead atoms. The number of allylic oxidation sites excluding steroid dienone is 4. The van der Waals surface area contributed by atoms with Crippen molar-refractivity contribution in [3.63, 3.8) is 0 Å². The number of halogens is 1. The van der Waals surface area contributed by atoms with Gasteiger partial charge in [-0.2, -0.15) is 10.2 Å². The zero-order valence-electron chi connectivity index (χ0n) is 31.3. The number of nitrogens with zero attached hydrogens (tertiary/aromatic N) is 3. The smallest absolute Gasteiger partial charge is 0.162 e. The van der Waals surface area contributed by atoms with E-state index >= 15 is 4.39 Å². The fourth-order valence-corrected chi connectivity index (χ4v) is 10.7. The first-order valence-electron chi connectivity index (χ1n) is 19.4. The summed E-state index contributed by atoms with van der Waals surface area (Å²) in [5.74, 6) is 2.09. The van der Waals surface area contributed by atoms with Crippen molar-refractivity contribution in [2.75, 3.05) is 10.6 Å². The van der Waals surface area contributed by atoms with E-state index in [9.17, 15) is 9.59 Å². The number of fused-ring (bicyclic) bond motifs is 2. The van der Waals surface area contributed by atoms with Crippen LogP contribution in [0.4, 0.5) is 16.0 Å². The van der Waals surface area contributed by atoms with Crippen LogP contribution >= 0.6 is 0 Å². The topological polar surface area (TPSA) is 105 Å². The molecule has 6 aliphatic rings. The summed E-state index contributed by atoms with van der Waals surface area (Å²) in [6.45, 7) is 11.2. The number of carbonyl (C=O) groups excluding carboxylic acids is 2. The number of ketones is 2. The summed E-state index contributed by atoms with van der Waals surface area (Å²) in [4.78, 5) is 29.0.